The van der Waals surface area contributed by atoms with E-state index in [1.54, 1.807) is 18.2 Å². The maximum atomic E-state index is 14.0. The molecule has 0 aliphatic carbocycles. The standard InChI is InChI=1S/C20H19FN2O3/c21-15-6-2-3-7-17(15)23-12-13(11-19(23)24)20(25)22-16-9-10-26-18-8-4-1-5-14(16)18/h1-8,13,16H,9-12H2,(H,22,25)/t13-,16+/m0/s1. The molecule has 0 aromatic heterocycles. The molecule has 2 amide bonds. The first kappa shape index (κ1) is 16.6. The summed E-state index contributed by atoms with van der Waals surface area (Å²) in [6.07, 6.45) is 0.769. The minimum Gasteiger partial charge on any atom is -0.493 e. The number of para-hydroxylation sites is 2. The average molecular weight is 354 g/mol. The Morgan fingerprint density at radius 1 is 1.15 bits per heavy atom. The number of rotatable bonds is 3. The monoisotopic (exact) mass is 354 g/mol. The molecule has 26 heavy (non-hydrogen) atoms. The van der Waals surface area contributed by atoms with E-state index < -0.39 is 11.7 Å². The highest BCUT2D eigenvalue weighted by molar-refractivity contribution is 6.00. The minimum absolute atomic E-state index is 0.0883. The van der Waals surface area contributed by atoms with Gasteiger partial charge in [-0.25, -0.2) is 4.39 Å². The lowest BCUT2D eigenvalue weighted by Crippen LogP contribution is -2.37. The van der Waals surface area contributed by atoms with Crippen LogP contribution in [0, 0.1) is 11.7 Å². The van der Waals surface area contributed by atoms with Gasteiger partial charge in [0, 0.05) is 24.9 Å². The molecule has 0 radical (unpaired) electrons. The molecule has 2 aromatic carbocycles. The fourth-order valence-corrected chi connectivity index (χ4v) is 3.57. The molecule has 1 fully saturated rings. The molecule has 0 unspecified atom stereocenters. The van der Waals surface area contributed by atoms with E-state index in [2.05, 4.69) is 5.32 Å². The van der Waals surface area contributed by atoms with Crippen molar-refractivity contribution in [1.29, 1.82) is 0 Å². The molecule has 0 bridgehead atoms. The lowest BCUT2D eigenvalue weighted by molar-refractivity contribution is -0.127. The molecular weight excluding hydrogens is 335 g/mol. The van der Waals surface area contributed by atoms with Crippen molar-refractivity contribution in [2.45, 2.75) is 18.9 Å². The lowest BCUT2D eigenvalue weighted by Gasteiger charge is -2.27. The van der Waals surface area contributed by atoms with E-state index >= 15 is 0 Å². The molecule has 134 valence electrons. The van der Waals surface area contributed by atoms with Gasteiger partial charge in [0.05, 0.1) is 24.3 Å². The van der Waals surface area contributed by atoms with E-state index in [1.165, 1.54) is 11.0 Å². The smallest absolute Gasteiger partial charge is 0.227 e. The maximum Gasteiger partial charge on any atom is 0.227 e. The number of ether oxygens (including phenoxy) is 1. The Labute approximate surface area is 150 Å². The van der Waals surface area contributed by atoms with Crippen LogP contribution in [0.25, 0.3) is 0 Å². The normalized spacial score (nSPS) is 21.9. The van der Waals surface area contributed by atoms with Crippen LogP contribution < -0.4 is 15.0 Å². The number of nitrogens with zero attached hydrogens (tertiary/aromatic N) is 1. The van der Waals surface area contributed by atoms with Crippen LogP contribution in [0.15, 0.2) is 48.5 Å². The molecule has 1 saturated heterocycles. The van der Waals surface area contributed by atoms with Crippen LogP contribution in [0.1, 0.15) is 24.4 Å². The van der Waals surface area contributed by atoms with Crippen molar-refractivity contribution in [3.8, 4) is 5.75 Å². The number of halogens is 1. The second kappa shape index (κ2) is 6.78. The number of hydrogen-bond acceptors (Lipinski definition) is 3. The first-order valence-corrected chi connectivity index (χ1v) is 8.70. The number of nitrogens with one attached hydrogen (secondary N) is 1. The molecule has 2 heterocycles. The van der Waals surface area contributed by atoms with Gasteiger partial charge < -0.3 is 15.0 Å². The Balaban J connectivity index is 1.47. The van der Waals surface area contributed by atoms with Gasteiger partial charge in [0.1, 0.15) is 11.6 Å². The van der Waals surface area contributed by atoms with Crippen LogP contribution in [0.5, 0.6) is 5.75 Å². The van der Waals surface area contributed by atoms with Gasteiger partial charge >= 0.3 is 0 Å². The Morgan fingerprint density at radius 3 is 2.77 bits per heavy atom. The molecule has 4 rings (SSSR count). The van der Waals surface area contributed by atoms with E-state index in [1.807, 2.05) is 24.3 Å². The summed E-state index contributed by atoms with van der Waals surface area (Å²) < 4.78 is 19.6. The average Bonchev–Trinajstić information content (AvgIpc) is 3.04. The topological polar surface area (TPSA) is 58.6 Å². The summed E-state index contributed by atoms with van der Waals surface area (Å²) in [5.74, 6) is -0.585. The minimum atomic E-state index is -0.489. The Kier molecular flexibility index (Phi) is 4.32. The fourth-order valence-electron chi connectivity index (χ4n) is 3.57. The zero-order chi connectivity index (χ0) is 18.1. The van der Waals surface area contributed by atoms with E-state index in [0.717, 1.165) is 11.3 Å². The van der Waals surface area contributed by atoms with Gasteiger partial charge in [-0.05, 0) is 18.2 Å². The van der Waals surface area contributed by atoms with Crippen LogP contribution >= 0.6 is 0 Å². The highest BCUT2D eigenvalue weighted by Gasteiger charge is 2.37. The van der Waals surface area contributed by atoms with E-state index in [-0.39, 0.29) is 36.5 Å². The third-order valence-electron chi connectivity index (χ3n) is 4.91. The fraction of sp³-hybridized carbons (Fsp3) is 0.300. The second-order valence-corrected chi connectivity index (χ2v) is 6.59. The van der Waals surface area contributed by atoms with E-state index in [0.29, 0.717) is 13.0 Å². The van der Waals surface area contributed by atoms with Crippen LogP contribution in [0.3, 0.4) is 0 Å². The summed E-state index contributed by atoms with van der Waals surface area (Å²) in [6, 6.07) is 13.6. The first-order chi connectivity index (χ1) is 12.6. The molecule has 2 aliphatic heterocycles. The van der Waals surface area contributed by atoms with Gasteiger partial charge in [0.25, 0.3) is 0 Å². The highest BCUT2D eigenvalue weighted by atomic mass is 19.1. The van der Waals surface area contributed by atoms with E-state index in [9.17, 15) is 14.0 Å². The number of benzene rings is 2. The number of fused-ring (bicyclic) bond motifs is 1. The molecule has 1 N–H and O–H groups in total. The number of carbonyl (C=O) groups is 2. The Hall–Kier alpha value is -2.89. The molecular formula is C20H19FN2O3. The van der Waals surface area contributed by atoms with Gasteiger partial charge in [-0.1, -0.05) is 30.3 Å². The lowest BCUT2D eigenvalue weighted by atomic mass is 9.99. The van der Waals surface area contributed by atoms with Gasteiger partial charge in [0.15, 0.2) is 0 Å². The number of amides is 2. The number of carbonyl (C=O) groups excluding carboxylic acids is 2. The van der Waals surface area contributed by atoms with Crippen LogP contribution in [0.4, 0.5) is 10.1 Å². The predicted molar refractivity (Wildman–Crippen MR) is 94.3 cm³/mol. The summed E-state index contributed by atoms with van der Waals surface area (Å²) in [6.45, 7) is 0.726. The maximum absolute atomic E-state index is 14.0. The Morgan fingerprint density at radius 2 is 1.92 bits per heavy atom. The first-order valence-electron chi connectivity index (χ1n) is 8.70. The number of hydrogen-bond donors (Lipinski definition) is 1. The van der Waals surface area contributed by atoms with Crippen molar-refractivity contribution < 1.29 is 18.7 Å². The third kappa shape index (κ3) is 3.03. The van der Waals surface area contributed by atoms with Crippen molar-refractivity contribution in [2.24, 2.45) is 5.92 Å². The van der Waals surface area contributed by atoms with Gasteiger partial charge in [0.2, 0.25) is 11.8 Å². The second-order valence-electron chi connectivity index (χ2n) is 6.59. The zero-order valence-electron chi connectivity index (χ0n) is 14.2. The van der Waals surface area contributed by atoms with Crippen molar-refractivity contribution in [2.75, 3.05) is 18.1 Å². The van der Waals surface area contributed by atoms with Crippen molar-refractivity contribution in [3.05, 3.63) is 59.9 Å². The molecule has 6 heteroatoms. The zero-order valence-corrected chi connectivity index (χ0v) is 14.2. The number of anilines is 1. The summed E-state index contributed by atoms with van der Waals surface area (Å²) in [4.78, 5) is 26.4. The van der Waals surface area contributed by atoms with Gasteiger partial charge in [-0.15, -0.1) is 0 Å². The highest BCUT2D eigenvalue weighted by Crippen LogP contribution is 2.33. The molecule has 2 aliphatic rings. The third-order valence-corrected chi connectivity index (χ3v) is 4.91. The summed E-state index contributed by atoms with van der Waals surface area (Å²) in [5.41, 5.74) is 1.17. The largest absolute Gasteiger partial charge is 0.493 e. The van der Waals surface area contributed by atoms with Gasteiger partial charge in [-0.2, -0.15) is 0 Å². The molecule has 5 nitrogen and oxygen atoms in total. The van der Waals surface area contributed by atoms with Crippen molar-refractivity contribution >= 4 is 17.5 Å². The van der Waals surface area contributed by atoms with Crippen LogP contribution in [-0.2, 0) is 9.59 Å². The summed E-state index contributed by atoms with van der Waals surface area (Å²) in [7, 11) is 0. The molecule has 2 aromatic rings. The molecule has 0 spiro atoms. The summed E-state index contributed by atoms with van der Waals surface area (Å²) >= 11 is 0. The Bertz CT molecular complexity index is 854. The molecule has 0 saturated carbocycles. The SMILES string of the molecule is O=C(N[C@@H]1CCOc2ccccc21)[C@H]1CC(=O)N(c2ccccc2F)C1. The quantitative estimate of drug-likeness (QED) is 0.922. The van der Waals surface area contributed by atoms with E-state index in [4.69, 9.17) is 4.74 Å². The van der Waals surface area contributed by atoms with Crippen molar-refractivity contribution in [3.63, 3.8) is 0 Å². The van der Waals surface area contributed by atoms with Crippen molar-refractivity contribution in [1.82, 2.24) is 5.32 Å². The predicted octanol–water partition coefficient (Wildman–Crippen LogP) is 2.82. The van der Waals surface area contributed by atoms with Crippen LogP contribution in [0.2, 0.25) is 0 Å². The summed E-state index contributed by atoms with van der Waals surface area (Å²) in [5, 5.41) is 3.03. The van der Waals surface area contributed by atoms with Gasteiger partial charge in [-0.3, -0.25) is 9.59 Å². The molecule has 2 atom stereocenters. The van der Waals surface area contributed by atoms with Crippen LogP contribution in [-0.4, -0.2) is 25.0 Å².